The lowest BCUT2D eigenvalue weighted by atomic mass is 10.1. The number of methoxy groups -OCH3 is 1. The first-order valence-corrected chi connectivity index (χ1v) is 4.16. The maximum Gasteiger partial charge on any atom is 0.310 e. The standard InChI is InChI=1S/C7H9BO2S/c1-10-7(9)4-5-2-3-6(8)11-5/h2-3H,4,8H2,1H3. The fourth-order valence-corrected chi connectivity index (χ4v) is 1.67. The van der Waals surface area contributed by atoms with E-state index >= 15 is 0 Å². The second-order valence-corrected chi connectivity index (χ2v) is 3.64. The molecule has 1 heterocycles. The molecule has 0 saturated carbocycles. The molecule has 0 bridgehead atoms. The van der Waals surface area contributed by atoms with Gasteiger partial charge in [-0.3, -0.25) is 4.79 Å². The summed E-state index contributed by atoms with van der Waals surface area (Å²) in [6.45, 7) is 0. The van der Waals surface area contributed by atoms with Crippen LogP contribution in [-0.4, -0.2) is 20.9 Å². The van der Waals surface area contributed by atoms with E-state index < -0.39 is 0 Å². The van der Waals surface area contributed by atoms with Crippen LogP contribution in [0.5, 0.6) is 0 Å². The van der Waals surface area contributed by atoms with Crippen molar-refractivity contribution in [3.8, 4) is 0 Å². The fourth-order valence-electron chi connectivity index (χ4n) is 0.795. The topological polar surface area (TPSA) is 26.3 Å². The average Bonchev–Trinajstić information content (AvgIpc) is 2.35. The minimum absolute atomic E-state index is 0.174. The van der Waals surface area contributed by atoms with E-state index in [9.17, 15) is 4.79 Å². The van der Waals surface area contributed by atoms with E-state index in [1.54, 1.807) is 11.3 Å². The second kappa shape index (κ2) is 3.58. The van der Waals surface area contributed by atoms with Crippen LogP contribution in [0.25, 0.3) is 0 Å². The summed E-state index contributed by atoms with van der Waals surface area (Å²) in [6.07, 6.45) is 0.398. The minimum Gasteiger partial charge on any atom is -0.469 e. The van der Waals surface area contributed by atoms with Crippen molar-refractivity contribution >= 4 is 29.9 Å². The molecule has 1 aromatic heterocycles. The van der Waals surface area contributed by atoms with Crippen LogP contribution in [0.3, 0.4) is 0 Å². The van der Waals surface area contributed by atoms with Crippen molar-refractivity contribution in [2.24, 2.45) is 0 Å². The van der Waals surface area contributed by atoms with E-state index in [1.807, 2.05) is 20.0 Å². The van der Waals surface area contributed by atoms with Gasteiger partial charge in [0.1, 0.15) is 0 Å². The molecule has 0 aliphatic rings. The summed E-state index contributed by atoms with van der Waals surface area (Å²) in [6, 6.07) is 3.96. The number of carbonyl (C=O) groups excluding carboxylic acids is 1. The van der Waals surface area contributed by atoms with Crippen LogP contribution in [0.15, 0.2) is 12.1 Å². The molecule has 58 valence electrons. The Kier molecular flexibility index (Phi) is 2.71. The molecule has 0 unspecified atom stereocenters. The molecule has 0 N–H and O–H groups in total. The number of ether oxygens (including phenoxy) is 1. The highest BCUT2D eigenvalue weighted by atomic mass is 32.1. The summed E-state index contributed by atoms with van der Waals surface area (Å²) in [5, 5.41) is 0. The predicted octanol–water partition coefficient (Wildman–Crippen LogP) is -0.278. The van der Waals surface area contributed by atoms with E-state index in [0.29, 0.717) is 6.42 Å². The Hall–Kier alpha value is -0.765. The average molecular weight is 168 g/mol. The van der Waals surface area contributed by atoms with Crippen molar-refractivity contribution in [2.75, 3.05) is 7.11 Å². The van der Waals surface area contributed by atoms with Gasteiger partial charge in [-0.05, 0) is 10.8 Å². The zero-order valence-corrected chi connectivity index (χ0v) is 7.40. The third-order valence-corrected chi connectivity index (χ3v) is 2.34. The lowest BCUT2D eigenvalue weighted by Crippen LogP contribution is -2.02. The van der Waals surface area contributed by atoms with E-state index in [1.165, 1.54) is 11.9 Å². The van der Waals surface area contributed by atoms with Gasteiger partial charge in [0.15, 0.2) is 7.85 Å². The van der Waals surface area contributed by atoms with Crippen LogP contribution in [0.2, 0.25) is 0 Å². The third kappa shape index (κ3) is 2.39. The third-order valence-electron chi connectivity index (χ3n) is 1.34. The van der Waals surface area contributed by atoms with Crippen molar-refractivity contribution in [1.29, 1.82) is 0 Å². The highest BCUT2D eigenvalue weighted by molar-refractivity contribution is 7.20. The van der Waals surface area contributed by atoms with Gasteiger partial charge in [0.05, 0.1) is 13.5 Å². The van der Waals surface area contributed by atoms with E-state index in [0.717, 1.165) is 4.88 Å². The molecule has 0 saturated heterocycles. The zero-order chi connectivity index (χ0) is 8.27. The fraction of sp³-hybridized carbons (Fsp3) is 0.286. The van der Waals surface area contributed by atoms with Gasteiger partial charge in [0.2, 0.25) is 0 Å². The van der Waals surface area contributed by atoms with Crippen molar-refractivity contribution < 1.29 is 9.53 Å². The molecular weight excluding hydrogens is 159 g/mol. The predicted molar refractivity (Wildman–Crippen MR) is 48.2 cm³/mol. The van der Waals surface area contributed by atoms with Gasteiger partial charge >= 0.3 is 5.97 Å². The number of hydrogen-bond acceptors (Lipinski definition) is 3. The first kappa shape index (κ1) is 8.33. The van der Waals surface area contributed by atoms with Crippen molar-refractivity contribution in [3.63, 3.8) is 0 Å². The molecule has 0 radical (unpaired) electrons. The maximum atomic E-state index is 10.8. The molecule has 0 fully saturated rings. The van der Waals surface area contributed by atoms with E-state index in [4.69, 9.17) is 0 Å². The van der Waals surface area contributed by atoms with Gasteiger partial charge in [0.25, 0.3) is 0 Å². The monoisotopic (exact) mass is 168 g/mol. The quantitative estimate of drug-likeness (QED) is 0.448. The highest BCUT2D eigenvalue weighted by Gasteiger charge is 2.03. The Morgan fingerprint density at radius 1 is 1.73 bits per heavy atom. The van der Waals surface area contributed by atoms with Crippen molar-refractivity contribution in [1.82, 2.24) is 0 Å². The minimum atomic E-state index is -0.174. The summed E-state index contributed by atoms with van der Waals surface area (Å²) < 4.78 is 5.76. The van der Waals surface area contributed by atoms with Gasteiger partial charge in [0, 0.05) is 4.88 Å². The SMILES string of the molecule is Bc1ccc(CC(=O)OC)s1. The maximum absolute atomic E-state index is 10.8. The van der Waals surface area contributed by atoms with Crippen LogP contribution in [0.4, 0.5) is 0 Å². The number of esters is 1. The molecule has 0 aromatic carbocycles. The molecule has 0 atom stereocenters. The Morgan fingerprint density at radius 3 is 2.91 bits per heavy atom. The van der Waals surface area contributed by atoms with Crippen molar-refractivity contribution in [2.45, 2.75) is 6.42 Å². The van der Waals surface area contributed by atoms with E-state index in [-0.39, 0.29) is 5.97 Å². The first-order chi connectivity index (χ1) is 5.22. The van der Waals surface area contributed by atoms with Gasteiger partial charge in [-0.25, -0.2) is 0 Å². The molecule has 0 amide bonds. The lowest BCUT2D eigenvalue weighted by molar-refractivity contribution is -0.139. The van der Waals surface area contributed by atoms with Crippen LogP contribution < -0.4 is 4.78 Å². The van der Waals surface area contributed by atoms with Gasteiger partial charge in [-0.1, -0.05) is 6.07 Å². The highest BCUT2D eigenvalue weighted by Crippen LogP contribution is 2.06. The summed E-state index contributed by atoms with van der Waals surface area (Å²) in [7, 11) is 3.42. The summed E-state index contributed by atoms with van der Waals surface area (Å²) in [5.74, 6) is -0.174. The van der Waals surface area contributed by atoms with Crippen molar-refractivity contribution in [3.05, 3.63) is 17.0 Å². The Morgan fingerprint density at radius 2 is 2.45 bits per heavy atom. The van der Waals surface area contributed by atoms with Gasteiger partial charge in [-0.15, -0.1) is 0 Å². The van der Waals surface area contributed by atoms with E-state index in [2.05, 4.69) is 4.74 Å². The number of carbonyl (C=O) groups is 1. The molecule has 11 heavy (non-hydrogen) atoms. The first-order valence-electron chi connectivity index (χ1n) is 3.34. The number of thiophene rings is 1. The van der Waals surface area contributed by atoms with Crippen LogP contribution in [0, 0.1) is 0 Å². The summed E-state index contributed by atoms with van der Waals surface area (Å²) >= 11 is 1.63. The molecule has 0 spiro atoms. The molecule has 0 aliphatic heterocycles. The largest absolute Gasteiger partial charge is 0.469 e. The van der Waals surface area contributed by atoms with Gasteiger partial charge in [-0.2, -0.15) is 11.3 Å². The summed E-state index contributed by atoms with van der Waals surface area (Å²) in [4.78, 5) is 11.8. The Bertz CT molecular complexity index is 257. The Balaban J connectivity index is 2.57. The molecular formula is C7H9BO2S. The zero-order valence-electron chi connectivity index (χ0n) is 6.59. The van der Waals surface area contributed by atoms with Gasteiger partial charge < -0.3 is 4.74 Å². The normalized spacial score (nSPS) is 9.55. The molecule has 1 aromatic rings. The molecule has 2 nitrogen and oxygen atoms in total. The molecule has 4 heteroatoms. The smallest absolute Gasteiger partial charge is 0.310 e. The number of rotatable bonds is 2. The molecule has 0 aliphatic carbocycles. The summed E-state index contributed by atoms with van der Waals surface area (Å²) in [5.41, 5.74) is 0. The second-order valence-electron chi connectivity index (χ2n) is 2.27. The lowest BCUT2D eigenvalue weighted by Gasteiger charge is -1.93. The van der Waals surface area contributed by atoms with Crippen LogP contribution >= 0.6 is 11.3 Å². The van der Waals surface area contributed by atoms with Crippen LogP contribution in [0.1, 0.15) is 4.88 Å². The number of hydrogen-bond donors (Lipinski definition) is 0. The molecule has 1 rings (SSSR count). The Labute approximate surface area is 70.6 Å². The van der Waals surface area contributed by atoms with Crippen LogP contribution in [-0.2, 0) is 16.0 Å².